The van der Waals surface area contributed by atoms with E-state index < -0.39 is 0 Å². The molecule has 0 N–H and O–H groups in total. The molecule has 0 radical (unpaired) electrons. The first-order valence-electron chi connectivity index (χ1n) is 7.65. The first-order chi connectivity index (χ1) is 11.6. The molecule has 3 aromatic rings. The van der Waals surface area contributed by atoms with E-state index >= 15 is 0 Å². The second kappa shape index (κ2) is 7.59. The van der Waals surface area contributed by atoms with Crippen LogP contribution in [0.4, 0.5) is 0 Å². The predicted octanol–water partition coefficient (Wildman–Crippen LogP) is 4.78. The summed E-state index contributed by atoms with van der Waals surface area (Å²) < 4.78 is 3.98. The van der Waals surface area contributed by atoms with Gasteiger partial charge in [0.2, 0.25) is 0 Å². The molecular formula is C16H17Cl2N5S. The number of hydrogen-bond donors (Lipinski definition) is 0. The van der Waals surface area contributed by atoms with Gasteiger partial charge in [0.15, 0.2) is 11.0 Å². The maximum Gasteiger partial charge on any atom is 0.191 e. The van der Waals surface area contributed by atoms with Gasteiger partial charge in [-0.05, 0) is 31.5 Å². The number of nitrogens with zero attached hydrogens (tertiary/aromatic N) is 5. The quantitative estimate of drug-likeness (QED) is 0.576. The summed E-state index contributed by atoms with van der Waals surface area (Å²) in [6, 6.07) is 5.67. The number of hydrogen-bond acceptors (Lipinski definition) is 4. The summed E-state index contributed by atoms with van der Waals surface area (Å²) in [5.74, 6) is 1.59. The highest BCUT2D eigenvalue weighted by atomic mass is 35.5. The van der Waals surface area contributed by atoms with Crippen molar-refractivity contribution in [2.75, 3.05) is 0 Å². The van der Waals surface area contributed by atoms with E-state index in [1.807, 2.05) is 35.3 Å². The molecule has 8 heteroatoms. The molecule has 126 valence electrons. The van der Waals surface area contributed by atoms with Gasteiger partial charge in [0.05, 0.1) is 21.8 Å². The number of halogens is 2. The van der Waals surface area contributed by atoms with Crippen molar-refractivity contribution in [3.63, 3.8) is 0 Å². The average Bonchev–Trinajstić information content (AvgIpc) is 3.21. The van der Waals surface area contributed by atoms with Crippen LogP contribution in [0.3, 0.4) is 0 Å². The summed E-state index contributed by atoms with van der Waals surface area (Å²) in [5.41, 5.74) is 2.08. The van der Waals surface area contributed by atoms with Gasteiger partial charge in [0.25, 0.3) is 0 Å². The Morgan fingerprint density at radius 3 is 2.58 bits per heavy atom. The molecule has 0 saturated carbocycles. The van der Waals surface area contributed by atoms with Gasteiger partial charge in [-0.15, -0.1) is 10.2 Å². The van der Waals surface area contributed by atoms with Gasteiger partial charge < -0.3 is 4.57 Å². The first kappa shape index (κ1) is 17.3. The van der Waals surface area contributed by atoms with Crippen LogP contribution in [-0.2, 0) is 18.8 Å². The van der Waals surface area contributed by atoms with E-state index in [1.165, 1.54) is 0 Å². The lowest BCUT2D eigenvalue weighted by Crippen LogP contribution is -1.99. The van der Waals surface area contributed by atoms with Crippen LogP contribution in [0, 0.1) is 0 Å². The zero-order chi connectivity index (χ0) is 17.1. The lowest BCUT2D eigenvalue weighted by atomic mass is 10.2. The van der Waals surface area contributed by atoms with E-state index in [9.17, 15) is 0 Å². The topological polar surface area (TPSA) is 48.5 Å². The number of benzene rings is 1. The van der Waals surface area contributed by atoms with Crippen molar-refractivity contribution in [1.82, 2.24) is 24.5 Å². The zero-order valence-electron chi connectivity index (χ0n) is 13.4. The summed E-state index contributed by atoms with van der Waals surface area (Å²) in [7, 11) is 0. The van der Waals surface area contributed by atoms with Crippen LogP contribution in [0.5, 0.6) is 0 Å². The number of aromatic nitrogens is 5. The van der Waals surface area contributed by atoms with Crippen molar-refractivity contribution < 1.29 is 0 Å². The van der Waals surface area contributed by atoms with Crippen molar-refractivity contribution >= 4 is 35.0 Å². The fraction of sp³-hybridized carbons (Fsp3) is 0.312. The molecule has 0 atom stereocenters. The van der Waals surface area contributed by atoms with Gasteiger partial charge in [0.1, 0.15) is 0 Å². The van der Waals surface area contributed by atoms with E-state index in [2.05, 4.69) is 33.7 Å². The van der Waals surface area contributed by atoms with E-state index in [-0.39, 0.29) is 0 Å². The van der Waals surface area contributed by atoms with Crippen molar-refractivity contribution in [3.05, 3.63) is 46.2 Å². The van der Waals surface area contributed by atoms with Crippen LogP contribution in [-0.4, -0.2) is 24.5 Å². The minimum atomic E-state index is 0.567. The standard InChI is InChI=1S/C16H17Cl2N5S/c1-3-22-9-12(8-19-22)15-20-21-16(23(15)4-2)24-10-11-5-6-13(17)14(18)7-11/h5-9H,3-4,10H2,1-2H3. The van der Waals surface area contributed by atoms with Gasteiger partial charge in [-0.2, -0.15) is 5.10 Å². The van der Waals surface area contributed by atoms with Crippen LogP contribution < -0.4 is 0 Å². The SMILES string of the molecule is CCn1cc(-c2nnc(SCc3ccc(Cl)c(Cl)c3)n2CC)cn1. The second-order valence-electron chi connectivity index (χ2n) is 5.17. The van der Waals surface area contributed by atoms with Crippen LogP contribution in [0.25, 0.3) is 11.4 Å². The Bertz CT molecular complexity index is 843. The summed E-state index contributed by atoms with van der Waals surface area (Å²) in [5, 5.41) is 15.0. The maximum absolute atomic E-state index is 6.07. The lowest BCUT2D eigenvalue weighted by molar-refractivity contribution is 0.659. The number of thioether (sulfide) groups is 1. The Kier molecular flexibility index (Phi) is 5.48. The Morgan fingerprint density at radius 2 is 1.92 bits per heavy atom. The third-order valence-electron chi connectivity index (χ3n) is 3.60. The number of aryl methyl sites for hydroxylation is 1. The van der Waals surface area contributed by atoms with Gasteiger partial charge in [-0.1, -0.05) is 41.0 Å². The molecule has 3 rings (SSSR count). The molecule has 1 aromatic carbocycles. The Morgan fingerprint density at radius 1 is 1.08 bits per heavy atom. The van der Waals surface area contributed by atoms with Gasteiger partial charge >= 0.3 is 0 Å². The molecule has 0 spiro atoms. The van der Waals surface area contributed by atoms with Crippen LogP contribution in [0.15, 0.2) is 35.7 Å². The van der Waals surface area contributed by atoms with Crippen LogP contribution in [0.2, 0.25) is 10.0 Å². The van der Waals surface area contributed by atoms with E-state index in [0.717, 1.165) is 41.0 Å². The molecule has 0 aliphatic carbocycles. The smallest absolute Gasteiger partial charge is 0.191 e. The largest absolute Gasteiger partial charge is 0.302 e. The predicted molar refractivity (Wildman–Crippen MR) is 98.6 cm³/mol. The molecule has 0 aliphatic rings. The highest BCUT2D eigenvalue weighted by Crippen LogP contribution is 2.29. The summed E-state index contributed by atoms with van der Waals surface area (Å²) in [6.45, 7) is 5.77. The van der Waals surface area contributed by atoms with Gasteiger partial charge in [-0.25, -0.2) is 0 Å². The van der Waals surface area contributed by atoms with Crippen LogP contribution in [0.1, 0.15) is 19.4 Å². The molecule has 5 nitrogen and oxygen atoms in total. The summed E-state index contributed by atoms with van der Waals surface area (Å²) in [4.78, 5) is 0. The minimum Gasteiger partial charge on any atom is -0.302 e. The molecule has 0 saturated heterocycles. The summed E-state index contributed by atoms with van der Waals surface area (Å²) >= 11 is 13.7. The van der Waals surface area contributed by atoms with Gasteiger partial charge in [-0.3, -0.25) is 4.68 Å². The number of rotatable bonds is 6. The fourth-order valence-electron chi connectivity index (χ4n) is 2.32. The minimum absolute atomic E-state index is 0.567. The second-order valence-corrected chi connectivity index (χ2v) is 6.93. The third kappa shape index (κ3) is 3.61. The van der Waals surface area contributed by atoms with Gasteiger partial charge in [0, 0.05) is 25.0 Å². The normalized spacial score (nSPS) is 11.2. The zero-order valence-corrected chi connectivity index (χ0v) is 15.7. The maximum atomic E-state index is 6.07. The van der Waals surface area contributed by atoms with Crippen molar-refractivity contribution in [2.45, 2.75) is 37.8 Å². The molecule has 2 heterocycles. The highest BCUT2D eigenvalue weighted by Gasteiger charge is 2.15. The fourth-order valence-corrected chi connectivity index (χ4v) is 3.59. The Hall–Kier alpha value is -1.50. The Balaban J connectivity index is 1.80. The molecule has 0 fully saturated rings. The molecule has 0 bridgehead atoms. The highest BCUT2D eigenvalue weighted by molar-refractivity contribution is 7.98. The molecule has 24 heavy (non-hydrogen) atoms. The van der Waals surface area contributed by atoms with Crippen molar-refractivity contribution in [1.29, 1.82) is 0 Å². The summed E-state index contributed by atoms with van der Waals surface area (Å²) in [6.07, 6.45) is 3.82. The molecule has 0 aliphatic heterocycles. The molecule has 2 aromatic heterocycles. The van der Waals surface area contributed by atoms with E-state index in [0.29, 0.717) is 10.0 Å². The van der Waals surface area contributed by atoms with E-state index in [1.54, 1.807) is 11.8 Å². The van der Waals surface area contributed by atoms with E-state index in [4.69, 9.17) is 23.2 Å². The third-order valence-corrected chi connectivity index (χ3v) is 5.38. The van der Waals surface area contributed by atoms with Crippen molar-refractivity contribution in [2.24, 2.45) is 0 Å². The monoisotopic (exact) mass is 381 g/mol. The molecule has 0 amide bonds. The molecule has 0 unspecified atom stereocenters. The van der Waals surface area contributed by atoms with Crippen molar-refractivity contribution in [3.8, 4) is 11.4 Å². The lowest BCUT2D eigenvalue weighted by Gasteiger charge is -2.06. The van der Waals surface area contributed by atoms with Crippen LogP contribution >= 0.6 is 35.0 Å². The molecular weight excluding hydrogens is 365 g/mol. The first-order valence-corrected chi connectivity index (χ1v) is 9.39. The average molecular weight is 382 g/mol. The Labute approximate surface area is 155 Å².